The molecule has 8 N–H and O–H groups in total. The molecule has 2 saturated heterocycles. The summed E-state index contributed by atoms with van der Waals surface area (Å²) in [6, 6.07) is 25.3. The van der Waals surface area contributed by atoms with Crippen molar-refractivity contribution in [2.24, 2.45) is 15.9 Å². The number of methoxy groups -OCH3 is 1. The number of hydrogen-bond acceptors (Lipinski definition) is 16. The summed E-state index contributed by atoms with van der Waals surface area (Å²) in [6.07, 6.45) is 4.41. The molecular formula is C60H71N11O15S2. The van der Waals surface area contributed by atoms with Crippen molar-refractivity contribution in [3.63, 3.8) is 0 Å². The first-order valence-corrected chi connectivity index (χ1v) is 31.7. The lowest BCUT2D eigenvalue weighted by atomic mass is 10.0. The van der Waals surface area contributed by atoms with E-state index in [4.69, 9.17) is 14.2 Å². The van der Waals surface area contributed by atoms with Gasteiger partial charge < -0.3 is 55.5 Å². The molecule has 5 aromatic rings. The summed E-state index contributed by atoms with van der Waals surface area (Å²) in [5.41, 5.74) is 5.37. The van der Waals surface area contributed by atoms with Crippen molar-refractivity contribution in [3.8, 4) is 5.75 Å². The van der Waals surface area contributed by atoms with Gasteiger partial charge >= 0.3 is 24.0 Å². The van der Waals surface area contributed by atoms with Crippen LogP contribution in [0.15, 0.2) is 130 Å². The van der Waals surface area contributed by atoms with E-state index in [-0.39, 0.29) is 61.5 Å². The Hall–Kier alpha value is -8.99. The number of aryl methyl sites for hydroxylation is 2. The van der Waals surface area contributed by atoms with Crippen LogP contribution in [0.1, 0.15) is 61.4 Å². The van der Waals surface area contributed by atoms with E-state index in [1.165, 1.54) is 25.4 Å². The number of carboxylic acids is 2. The third-order valence-electron chi connectivity index (χ3n) is 15.0. The van der Waals surface area contributed by atoms with Crippen molar-refractivity contribution in [1.29, 1.82) is 0 Å². The maximum atomic E-state index is 13.5. The van der Waals surface area contributed by atoms with Crippen LogP contribution in [0.25, 0.3) is 0 Å². The normalized spacial score (nSPS) is 19.5. The Morgan fingerprint density at radius 1 is 0.659 bits per heavy atom. The highest BCUT2D eigenvalue weighted by Crippen LogP contribution is 2.31. The molecule has 0 radical (unpaired) electrons. The number of rotatable bonds is 22. The first-order chi connectivity index (χ1) is 41.9. The van der Waals surface area contributed by atoms with E-state index in [1.807, 2.05) is 57.2 Å². The van der Waals surface area contributed by atoms with Crippen molar-refractivity contribution in [1.82, 2.24) is 24.2 Å². The van der Waals surface area contributed by atoms with Gasteiger partial charge in [0.05, 0.1) is 60.8 Å². The van der Waals surface area contributed by atoms with Gasteiger partial charge in [-0.2, -0.15) is 4.72 Å². The standard InChI is InChI=1S/C33H37N5O8S.C27H34N6O7S/c1-21-9-6-7-12-25(21)35-33(42)36-26-15-14-22(17-29(26)45-2)18-30(39)38-16-8-13-28(38)31-34-23(20-46-31)19-27(32(40)41)37-47(43,44)24-10-4-3-5-11-24;1-16-6-4-5-7-21(16)31-27(37)30-19-9-8-18(28-14-19)13-23(34)33-11-10-17(2)24(33)25-29-20(15-40-25)12-22(26(35)36)32-41(3,38)39/h3-7,9-12,14-15,17,23,27-28,37H,8,13,16,18-20H2,1-2H3,(H,40,41)(H2,35,36,42);4-9,14,17,20,22,24,32H,10-13,15H2,1-3H3,(H,35,36)(H2,30,31,37). The summed E-state index contributed by atoms with van der Waals surface area (Å²) in [4.78, 5) is 92.0. The maximum Gasteiger partial charge on any atom is 0.323 e. The molecule has 0 bridgehead atoms. The number of ether oxygens (including phenoxy) is 3. The highest BCUT2D eigenvalue weighted by Gasteiger charge is 2.42. The van der Waals surface area contributed by atoms with Gasteiger partial charge in [-0.25, -0.2) is 41.1 Å². The molecular weight excluding hydrogens is 1180 g/mol. The Kier molecular flexibility index (Phi) is 21.5. The van der Waals surface area contributed by atoms with Gasteiger partial charge in [0, 0.05) is 43.0 Å². The molecule has 7 unspecified atom stereocenters. The van der Waals surface area contributed by atoms with Crippen LogP contribution in [0, 0.1) is 19.8 Å². The van der Waals surface area contributed by atoms with E-state index >= 15 is 0 Å². The number of likely N-dealkylation sites (tertiary alicyclic amines) is 2. The maximum absolute atomic E-state index is 13.5. The zero-order chi connectivity index (χ0) is 63.3. The fourth-order valence-electron chi connectivity index (χ4n) is 10.5. The Morgan fingerprint density at radius 3 is 1.82 bits per heavy atom. The predicted octanol–water partition coefficient (Wildman–Crippen LogP) is 5.80. The molecule has 5 heterocycles. The Labute approximate surface area is 509 Å². The molecule has 6 amide bonds. The second kappa shape index (κ2) is 29.1. The summed E-state index contributed by atoms with van der Waals surface area (Å²) >= 11 is 0. The van der Waals surface area contributed by atoms with Gasteiger partial charge in [-0.05, 0) is 104 Å². The molecule has 7 atom stereocenters. The number of aromatic nitrogens is 1. The minimum atomic E-state index is -4.06. The Morgan fingerprint density at radius 2 is 1.23 bits per heavy atom. The van der Waals surface area contributed by atoms with Crippen molar-refractivity contribution < 1.29 is 70.0 Å². The van der Waals surface area contributed by atoms with E-state index < -0.39 is 80.3 Å². The number of carboxylic acid groups (broad SMARTS) is 2. The Bertz CT molecular complexity index is 3670. The Balaban J connectivity index is 0.000000230. The van der Waals surface area contributed by atoms with E-state index in [0.717, 1.165) is 30.2 Å². The average molecular weight is 1250 g/mol. The minimum absolute atomic E-state index is 0.0367. The molecule has 26 nitrogen and oxygen atoms in total. The number of carbonyl (C=O) groups is 6. The van der Waals surface area contributed by atoms with Crippen LogP contribution in [-0.2, 0) is 61.5 Å². The van der Waals surface area contributed by atoms with Gasteiger partial charge in [0.15, 0.2) is 0 Å². The summed E-state index contributed by atoms with van der Waals surface area (Å²) in [7, 11) is -6.30. The van der Waals surface area contributed by atoms with Crippen molar-refractivity contribution >= 4 is 90.4 Å². The molecule has 4 aliphatic heterocycles. The average Bonchev–Trinajstić information content (AvgIpc) is 2.80. The van der Waals surface area contributed by atoms with Crippen LogP contribution >= 0.6 is 0 Å². The summed E-state index contributed by atoms with van der Waals surface area (Å²) < 4.78 is 70.0. The van der Waals surface area contributed by atoms with Crippen molar-refractivity contribution in [2.75, 3.05) is 60.9 Å². The minimum Gasteiger partial charge on any atom is -0.495 e. The molecule has 28 heteroatoms. The number of nitrogens with one attached hydrogen (secondary N) is 6. The number of aliphatic imine (C=N–C) groups is 2. The number of amides is 6. The van der Waals surface area contributed by atoms with Crippen LogP contribution in [-0.4, -0.2) is 165 Å². The lowest BCUT2D eigenvalue weighted by Crippen LogP contribution is -2.43. The molecule has 0 aliphatic carbocycles. The number of nitrogens with zero attached hydrogens (tertiary/aromatic N) is 5. The quantitative estimate of drug-likeness (QED) is 0.0406. The zero-order valence-electron chi connectivity index (χ0n) is 49.0. The van der Waals surface area contributed by atoms with Gasteiger partial charge in [0.2, 0.25) is 43.7 Å². The van der Waals surface area contributed by atoms with Crippen LogP contribution < -0.4 is 35.4 Å². The van der Waals surface area contributed by atoms with Gasteiger partial charge in [-0.15, -0.1) is 0 Å². The molecule has 0 spiro atoms. The van der Waals surface area contributed by atoms with E-state index in [1.54, 1.807) is 70.5 Å². The zero-order valence-corrected chi connectivity index (χ0v) is 50.7. The monoisotopic (exact) mass is 1250 g/mol. The number of pyridine rings is 1. The second-order valence-electron chi connectivity index (χ2n) is 21.7. The first kappa shape index (κ1) is 65.0. The van der Waals surface area contributed by atoms with E-state index in [0.29, 0.717) is 71.1 Å². The fourth-order valence-corrected chi connectivity index (χ4v) is 12.4. The largest absolute Gasteiger partial charge is 0.495 e. The fraction of sp³-hybridized carbons (Fsp3) is 0.383. The predicted molar refractivity (Wildman–Crippen MR) is 327 cm³/mol. The van der Waals surface area contributed by atoms with Gasteiger partial charge in [-0.3, -0.25) is 24.2 Å². The molecule has 468 valence electrons. The summed E-state index contributed by atoms with van der Waals surface area (Å²) in [5.74, 6) is -1.79. The lowest BCUT2D eigenvalue weighted by molar-refractivity contribution is -0.140. The van der Waals surface area contributed by atoms with Crippen molar-refractivity contribution in [3.05, 3.63) is 138 Å². The van der Waals surface area contributed by atoms with E-state index in [9.17, 15) is 55.8 Å². The third-order valence-corrected chi connectivity index (χ3v) is 17.2. The molecule has 0 saturated carbocycles. The van der Waals surface area contributed by atoms with Crippen molar-refractivity contribution in [2.45, 2.75) is 107 Å². The number of benzene rings is 4. The lowest BCUT2D eigenvalue weighted by Gasteiger charge is -2.26. The first-order valence-electron chi connectivity index (χ1n) is 28.3. The van der Waals surface area contributed by atoms with Gasteiger partial charge in [0.1, 0.15) is 43.1 Å². The molecule has 4 aromatic carbocycles. The number of hydrogen-bond donors (Lipinski definition) is 8. The molecule has 88 heavy (non-hydrogen) atoms. The molecule has 2 fully saturated rings. The smallest absolute Gasteiger partial charge is 0.323 e. The molecule has 9 rings (SSSR count). The highest BCUT2D eigenvalue weighted by atomic mass is 32.2. The highest BCUT2D eigenvalue weighted by molar-refractivity contribution is 7.89. The number of aliphatic carboxylic acids is 2. The number of para-hydroxylation sites is 2. The van der Waals surface area contributed by atoms with Crippen LogP contribution in [0.2, 0.25) is 0 Å². The van der Waals surface area contributed by atoms with Gasteiger partial charge in [-0.1, -0.05) is 67.6 Å². The number of urea groups is 2. The van der Waals surface area contributed by atoms with Crippen LogP contribution in [0.4, 0.5) is 32.3 Å². The second-order valence-corrected chi connectivity index (χ2v) is 25.2. The van der Waals surface area contributed by atoms with E-state index in [2.05, 4.69) is 45.7 Å². The molecule has 1 aromatic heterocycles. The molecule has 4 aliphatic rings. The summed E-state index contributed by atoms with van der Waals surface area (Å²) in [6.45, 7) is 6.96. The number of sulfonamides is 2. The van der Waals surface area contributed by atoms with Crippen LogP contribution in [0.5, 0.6) is 5.75 Å². The topological polar surface area (TPSA) is 355 Å². The summed E-state index contributed by atoms with van der Waals surface area (Å²) in [5, 5.41) is 30.3. The third kappa shape index (κ3) is 17.6. The van der Waals surface area contributed by atoms with Gasteiger partial charge in [0.25, 0.3) is 0 Å². The van der Waals surface area contributed by atoms with Crippen LogP contribution in [0.3, 0.4) is 0 Å². The SMILES string of the molecule is COc1cc(CC(=O)N2CCCC2C2=NC(CC(NS(=O)(=O)c3ccccc3)C(=O)O)CO2)ccc1NC(=O)Nc1ccccc1C.Cc1ccccc1NC(=O)Nc1ccc(CC(=O)N2CCC(C)C2C2=NC(CC(NS(C)(=O)=O)C(=O)O)CO2)nc1. The number of carbonyl (C=O) groups excluding carboxylic acids is 4. The number of anilines is 4.